The number of benzene rings is 3. The van der Waals surface area contributed by atoms with Crippen molar-refractivity contribution >= 4 is 17.9 Å². The summed E-state index contributed by atoms with van der Waals surface area (Å²) >= 11 is 0. The topological polar surface area (TPSA) is 199 Å². The van der Waals surface area contributed by atoms with Gasteiger partial charge in [0.2, 0.25) is 0 Å². The maximum atomic E-state index is 13.2. The van der Waals surface area contributed by atoms with Crippen LogP contribution in [0.25, 0.3) is 0 Å². The summed E-state index contributed by atoms with van der Waals surface area (Å²) in [5.41, 5.74) is 20.2. The van der Waals surface area contributed by atoms with Crippen LogP contribution in [0.4, 0.5) is 4.39 Å². The maximum absolute atomic E-state index is 13.2. The van der Waals surface area contributed by atoms with Crippen molar-refractivity contribution in [2.45, 2.75) is 51.2 Å². The minimum absolute atomic E-state index is 0.0153. The van der Waals surface area contributed by atoms with Gasteiger partial charge in [-0.2, -0.15) is 0 Å². The molecule has 41 heavy (non-hydrogen) atoms. The molecule has 0 aromatic heterocycles. The van der Waals surface area contributed by atoms with E-state index in [2.05, 4.69) is 0 Å². The Morgan fingerprint density at radius 3 is 1.63 bits per heavy atom. The number of ether oxygens (including phenoxy) is 1. The summed E-state index contributed by atoms with van der Waals surface area (Å²) in [6.45, 7) is 3.74. The molecule has 3 unspecified atom stereocenters. The number of hydrogen-bond acceptors (Lipinski definition) is 7. The van der Waals surface area contributed by atoms with Gasteiger partial charge in [-0.1, -0.05) is 54.1 Å². The molecule has 3 aromatic carbocycles. The lowest BCUT2D eigenvalue weighted by Crippen LogP contribution is -2.32. The van der Waals surface area contributed by atoms with Crippen molar-refractivity contribution in [3.05, 3.63) is 100 Å². The molecule has 3 atom stereocenters. The lowest BCUT2D eigenvalue weighted by molar-refractivity contribution is -0.139. The fourth-order valence-corrected chi connectivity index (χ4v) is 3.46. The summed E-state index contributed by atoms with van der Waals surface area (Å²) < 4.78 is 18.2. The quantitative estimate of drug-likeness (QED) is 0.210. The monoisotopic (exact) mass is 571 g/mol. The highest BCUT2D eigenvalue weighted by Crippen LogP contribution is 2.14. The summed E-state index contributed by atoms with van der Waals surface area (Å²) in [7, 11) is 1.57. The minimum Gasteiger partial charge on any atom is -0.497 e. The van der Waals surface area contributed by atoms with Gasteiger partial charge in [-0.25, -0.2) is 4.39 Å². The molecule has 0 heterocycles. The van der Waals surface area contributed by atoms with Gasteiger partial charge in [0.15, 0.2) is 0 Å². The lowest BCUT2D eigenvalue weighted by atomic mass is 10.0. The molecule has 0 aliphatic carbocycles. The molecule has 0 aliphatic heterocycles. The summed E-state index contributed by atoms with van der Waals surface area (Å²) in [6.07, 6.45) is 0.713. The van der Waals surface area contributed by atoms with Crippen LogP contribution in [-0.4, -0.2) is 58.5 Å². The number of halogens is 1. The Morgan fingerprint density at radius 2 is 1.17 bits per heavy atom. The number of carbonyl (C=O) groups is 3. The van der Waals surface area contributed by atoms with Crippen molar-refractivity contribution in [2.75, 3.05) is 7.11 Å². The Bertz CT molecular complexity index is 1300. The highest BCUT2D eigenvalue weighted by atomic mass is 19.1. The molecule has 0 spiro atoms. The number of carboxylic acid groups (broad SMARTS) is 3. The largest absolute Gasteiger partial charge is 0.497 e. The second-order valence-electron chi connectivity index (χ2n) is 9.38. The van der Waals surface area contributed by atoms with E-state index in [-0.39, 0.29) is 6.42 Å². The van der Waals surface area contributed by atoms with E-state index < -0.39 is 41.9 Å². The van der Waals surface area contributed by atoms with Crippen molar-refractivity contribution in [3.8, 4) is 5.75 Å². The molecule has 222 valence electrons. The number of carboxylic acids is 3. The third-order valence-electron chi connectivity index (χ3n) is 5.73. The molecular formula is C30H38FN3O7. The number of hydrogen-bond donors (Lipinski definition) is 6. The van der Waals surface area contributed by atoms with Gasteiger partial charge in [-0.15, -0.1) is 0 Å². The lowest BCUT2D eigenvalue weighted by Gasteiger charge is -2.07. The highest BCUT2D eigenvalue weighted by Gasteiger charge is 2.15. The standard InChI is InChI=1S/C10H12FNO2.C10H13NO3.C10H13NO2/c1-6-2-3-7(8(11)4-6)5-9(12)10(13)14;1-14-8-4-2-3-7(5-8)6-9(11)10(12)13;1-7-3-2-4-8(5-7)6-9(11)10(12)13/h2-4,9H,5,12H2,1H3,(H,13,14);2-5,9H,6,11H2,1H3,(H,12,13);2-5,9H,6,11H2,1H3,(H,12,13). The van der Waals surface area contributed by atoms with E-state index in [1.165, 1.54) is 6.07 Å². The van der Waals surface area contributed by atoms with Crippen LogP contribution in [0.3, 0.4) is 0 Å². The molecular weight excluding hydrogens is 533 g/mol. The molecule has 3 rings (SSSR count). The van der Waals surface area contributed by atoms with Gasteiger partial charge in [-0.05, 0) is 67.1 Å². The molecule has 9 N–H and O–H groups in total. The second kappa shape index (κ2) is 17.4. The van der Waals surface area contributed by atoms with Gasteiger partial charge in [0.05, 0.1) is 7.11 Å². The van der Waals surface area contributed by atoms with Crippen molar-refractivity contribution in [3.63, 3.8) is 0 Å². The van der Waals surface area contributed by atoms with Crippen LogP contribution < -0.4 is 21.9 Å². The first-order valence-electron chi connectivity index (χ1n) is 12.6. The molecule has 11 heteroatoms. The Balaban J connectivity index is 0.000000308. The Labute approximate surface area is 238 Å². The van der Waals surface area contributed by atoms with Gasteiger partial charge in [0, 0.05) is 6.42 Å². The van der Waals surface area contributed by atoms with E-state index in [9.17, 15) is 18.8 Å². The summed E-state index contributed by atoms with van der Waals surface area (Å²) in [6, 6.07) is 16.9. The van der Waals surface area contributed by atoms with Crippen LogP contribution >= 0.6 is 0 Å². The van der Waals surface area contributed by atoms with E-state index in [1.807, 2.05) is 43.3 Å². The van der Waals surface area contributed by atoms with E-state index in [1.54, 1.807) is 38.3 Å². The van der Waals surface area contributed by atoms with Crippen molar-refractivity contribution in [2.24, 2.45) is 17.2 Å². The number of methoxy groups -OCH3 is 1. The van der Waals surface area contributed by atoms with Gasteiger partial charge in [-0.3, -0.25) is 14.4 Å². The predicted molar refractivity (Wildman–Crippen MR) is 153 cm³/mol. The van der Waals surface area contributed by atoms with E-state index in [0.29, 0.717) is 24.2 Å². The summed E-state index contributed by atoms with van der Waals surface area (Å²) in [5.74, 6) is -2.76. The van der Waals surface area contributed by atoms with Gasteiger partial charge in [0.1, 0.15) is 29.7 Å². The van der Waals surface area contributed by atoms with Crippen LogP contribution in [0.1, 0.15) is 27.8 Å². The second-order valence-corrected chi connectivity index (χ2v) is 9.38. The maximum Gasteiger partial charge on any atom is 0.320 e. The van der Waals surface area contributed by atoms with Crippen LogP contribution in [0.5, 0.6) is 5.75 Å². The number of aliphatic carboxylic acids is 3. The van der Waals surface area contributed by atoms with Gasteiger partial charge >= 0.3 is 17.9 Å². The molecule has 0 amide bonds. The van der Waals surface area contributed by atoms with Crippen LogP contribution in [0, 0.1) is 19.7 Å². The zero-order valence-electron chi connectivity index (χ0n) is 23.3. The van der Waals surface area contributed by atoms with E-state index in [4.69, 9.17) is 37.3 Å². The zero-order valence-corrected chi connectivity index (χ0v) is 23.3. The molecule has 0 bridgehead atoms. The molecule has 0 fully saturated rings. The average molecular weight is 572 g/mol. The Kier molecular flexibility index (Phi) is 14.7. The Morgan fingerprint density at radius 1 is 0.707 bits per heavy atom. The molecule has 0 radical (unpaired) electrons. The first-order valence-corrected chi connectivity index (χ1v) is 12.6. The van der Waals surface area contributed by atoms with Crippen LogP contribution in [0.15, 0.2) is 66.7 Å². The predicted octanol–water partition coefficient (Wildman–Crippen LogP) is 2.69. The number of aryl methyl sites for hydroxylation is 2. The van der Waals surface area contributed by atoms with Crippen LogP contribution in [-0.2, 0) is 33.6 Å². The Hall–Kier alpha value is -4.32. The highest BCUT2D eigenvalue weighted by molar-refractivity contribution is 5.74. The molecule has 10 nitrogen and oxygen atoms in total. The smallest absolute Gasteiger partial charge is 0.320 e. The SMILES string of the molecule is COc1cccc(CC(N)C(=O)O)c1.Cc1ccc(CC(N)C(=O)O)c(F)c1.Cc1cccc(CC(N)C(=O)O)c1. The fourth-order valence-electron chi connectivity index (χ4n) is 3.46. The molecule has 0 aliphatic rings. The normalized spacial score (nSPS) is 12.4. The van der Waals surface area contributed by atoms with Gasteiger partial charge < -0.3 is 37.3 Å². The third-order valence-corrected chi connectivity index (χ3v) is 5.73. The number of rotatable bonds is 10. The summed E-state index contributed by atoms with van der Waals surface area (Å²) in [5, 5.41) is 25.7. The van der Waals surface area contributed by atoms with Crippen LogP contribution in [0.2, 0.25) is 0 Å². The molecule has 3 aromatic rings. The molecule has 0 saturated heterocycles. The average Bonchev–Trinajstić information content (AvgIpc) is 2.91. The molecule has 0 saturated carbocycles. The number of nitrogens with two attached hydrogens (primary N) is 3. The first-order chi connectivity index (χ1) is 19.2. The summed E-state index contributed by atoms with van der Waals surface area (Å²) in [4.78, 5) is 31.4. The van der Waals surface area contributed by atoms with E-state index in [0.717, 1.165) is 22.3 Å². The fraction of sp³-hybridized carbons (Fsp3) is 0.300. The third kappa shape index (κ3) is 13.5. The minimum atomic E-state index is -1.12. The van der Waals surface area contributed by atoms with Gasteiger partial charge in [0.25, 0.3) is 0 Å². The van der Waals surface area contributed by atoms with E-state index >= 15 is 0 Å². The zero-order chi connectivity index (χ0) is 31.1. The van der Waals surface area contributed by atoms with Crippen molar-refractivity contribution < 1.29 is 38.8 Å². The first kappa shape index (κ1) is 34.7. The van der Waals surface area contributed by atoms with Crippen molar-refractivity contribution in [1.29, 1.82) is 0 Å². The van der Waals surface area contributed by atoms with Crippen molar-refractivity contribution in [1.82, 2.24) is 0 Å².